The maximum absolute atomic E-state index is 12.9. The Kier molecular flexibility index (Phi) is 10.0. The average molecular weight is 567 g/mol. The summed E-state index contributed by atoms with van der Waals surface area (Å²) >= 11 is 0. The molecule has 0 saturated heterocycles. The summed E-state index contributed by atoms with van der Waals surface area (Å²) in [6, 6.07) is 9.43. The van der Waals surface area contributed by atoms with E-state index in [4.69, 9.17) is 28.4 Å². The van der Waals surface area contributed by atoms with Gasteiger partial charge < -0.3 is 38.8 Å². The van der Waals surface area contributed by atoms with Crippen LogP contribution in [0.4, 0.5) is 11.4 Å². The molecule has 0 unspecified atom stereocenters. The summed E-state index contributed by atoms with van der Waals surface area (Å²) in [5.41, 5.74) is 1.24. The number of nitrogens with one attached hydrogen (secondary N) is 1. The first-order valence-electron chi connectivity index (χ1n) is 12.0. The van der Waals surface area contributed by atoms with Crippen molar-refractivity contribution in [2.45, 2.75) is 0 Å². The van der Waals surface area contributed by atoms with Crippen LogP contribution in [0.1, 0.15) is 16.7 Å². The number of ether oxygens (including phenoxy) is 6. The molecule has 0 aliphatic carbocycles. The van der Waals surface area contributed by atoms with Crippen molar-refractivity contribution in [1.82, 2.24) is 0 Å². The highest BCUT2D eigenvalue weighted by Crippen LogP contribution is 2.41. The number of nitro groups is 1. The van der Waals surface area contributed by atoms with Crippen LogP contribution in [0, 0.1) is 10.1 Å². The molecule has 3 aromatic carbocycles. The van der Waals surface area contributed by atoms with Crippen LogP contribution in [0.15, 0.2) is 42.5 Å². The first-order valence-corrected chi connectivity index (χ1v) is 12.0. The van der Waals surface area contributed by atoms with Crippen molar-refractivity contribution in [3.63, 3.8) is 0 Å². The highest BCUT2D eigenvalue weighted by molar-refractivity contribution is 6.04. The third-order valence-electron chi connectivity index (χ3n) is 5.89. The van der Waals surface area contributed by atoms with E-state index in [9.17, 15) is 20.0 Å². The fourth-order valence-electron chi connectivity index (χ4n) is 3.94. The normalized spacial score (nSPS) is 10.9. The summed E-state index contributed by atoms with van der Waals surface area (Å²) in [6.07, 6.45) is 5.94. The van der Waals surface area contributed by atoms with E-state index in [0.29, 0.717) is 33.9 Å². The molecule has 0 bridgehead atoms. The predicted octanol–water partition coefficient (Wildman–Crippen LogP) is 5.17. The average Bonchev–Trinajstić information content (AvgIpc) is 2.98. The molecule has 0 aromatic heterocycles. The molecule has 0 aliphatic rings. The maximum atomic E-state index is 12.9. The first kappa shape index (κ1) is 30.2. The van der Waals surface area contributed by atoms with E-state index in [1.54, 1.807) is 36.4 Å². The Morgan fingerprint density at radius 1 is 0.756 bits per heavy atom. The zero-order chi connectivity index (χ0) is 30.1. The van der Waals surface area contributed by atoms with Crippen LogP contribution >= 0.6 is 0 Å². The Hall–Kier alpha value is -5.39. The number of phenols is 1. The topological polar surface area (TPSA) is 148 Å². The van der Waals surface area contributed by atoms with Crippen molar-refractivity contribution in [2.75, 3.05) is 48.0 Å². The number of anilines is 1. The lowest BCUT2D eigenvalue weighted by molar-refractivity contribution is -0.385. The van der Waals surface area contributed by atoms with Gasteiger partial charge in [0.25, 0.3) is 0 Å². The summed E-state index contributed by atoms with van der Waals surface area (Å²) in [6.45, 7) is 0. The SMILES string of the molecule is COc1ccc(C=Cc2cc(OC)c(OC)c(OC)c2)c(NC(=O)/C=C/c2cc(OC)c(OC)c([N+](=O)[O-])c2)c1O. The predicted molar refractivity (Wildman–Crippen MR) is 154 cm³/mol. The highest BCUT2D eigenvalue weighted by Gasteiger charge is 2.21. The van der Waals surface area contributed by atoms with Crippen LogP contribution in [0.25, 0.3) is 18.2 Å². The third-order valence-corrected chi connectivity index (χ3v) is 5.89. The number of aromatic hydroxyl groups is 1. The standard InChI is InChI=1S/C29H30N2O10/c1-36-21-11-10-19(9-7-18-15-23(38-3)29(41-6)24(16-18)39-4)26(27(21)33)30-25(32)12-8-17-13-20(31(34)35)28(40-5)22(14-17)37-2/h7-16,33H,1-6H3,(H,30,32)/b9-7?,12-8+. The summed E-state index contributed by atoms with van der Waals surface area (Å²) in [7, 11) is 8.55. The highest BCUT2D eigenvalue weighted by atomic mass is 16.6. The molecule has 0 spiro atoms. The Morgan fingerprint density at radius 3 is 1.80 bits per heavy atom. The quantitative estimate of drug-likeness (QED) is 0.0988. The summed E-state index contributed by atoms with van der Waals surface area (Å²) < 4.78 is 31.6. The number of benzene rings is 3. The fraction of sp³-hybridized carbons (Fsp3) is 0.207. The monoisotopic (exact) mass is 566 g/mol. The van der Waals surface area contributed by atoms with Gasteiger partial charge in [-0.05, 0) is 47.5 Å². The van der Waals surface area contributed by atoms with E-state index >= 15 is 0 Å². The Labute approximate surface area is 236 Å². The van der Waals surface area contributed by atoms with Gasteiger partial charge in [-0.15, -0.1) is 0 Å². The molecule has 3 aromatic rings. The third kappa shape index (κ3) is 6.79. The van der Waals surface area contributed by atoms with Gasteiger partial charge in [-0.3, -0.25) is 14.9 Å². The van der Waals surface area contributed by atoms with Crippen LogP contribution in [0.2, 0.25) is 0 Å². The number of amides is 1. The van der Waals surface area contributed by atoms with Gasteiger partial charge in [0.2, 0.25) is 17.4 Å². The van der Waals surface area contributed by atoms with Gasteiger partial charge in [0.1, 0.15) is 0 Å². The van der Waals surface area contributed by atoms with E-state index in [-0.39, 0.29) is 34.4 Å². The molecule has 216 valence electrons. The minimum atomic E-state index is -0.617. The van der Waals surface area contributed by atoms with E-state index < -0.39 is 10.8 Å². The Bertz CT molecular complexity index is 1470. The second-order valence-corrected chi connectivity index (χ2v) is 8.23. The Balaban J connectivity index is 1.96. The Morgan fingerprint density at radius 2 is 1.29 bits per heavy atom. The molecule has 0 fully saturated rings. The smallest absolute Gasteiger partial charge is 0.315 e. The van der Waals surface area contributed by atoms with Crippen LogP contribution < -0.4 is 33.7 Å². The molecule has 1 amide bonds. The molecule has 0 saturated carbocycles. The number of hydrogen-bond donors (Lipinski definition) is 2. The summed E-state index contributed by atoms with van der Waals surface area (Å²) in [5.74, 6) is 0.682. The molecule has 0 radical (unpaired) electrons. The van der Waals surface area contributed by atoms with E-state index in [2.05, 4.69) is 5.32 Å². The molecular formula is C29H30N2O10. The number of phenolic OH excluding ortho intramolecular Hbond substituents is 1. The second-order valence-electron chi connectivity index (χ2n) is 8.23. The number of rotatable bonds is 12. The molecule has 0 heterocycles. The maximum Gasteiger partial charge on any atom is 0.315 e. The van der Waals surface area contributed by atoms with Crippen molar-refractivity contribution in [3.05, 3.63) is 69.3 Å². The number of nitrogens with zero attached hydrogens (tertiary/aromatic N) is 1. The molecule has 3 rings (SSSR count). The first-order chi connectivity index (χ1) is 19.7. The van der Waals surface area contributed by atoms with Gasteiger partial charge in [0.05, 0.1) is 53.3 Å². The molecule has 41 heavy (non-hydrogen) atoms. The minimum absolute atomic E-state index is 0.0380. The van der Waals surface area contributed by atoms with Crippen LogP contribution in [-0.2, 0) is 4.79 Å². The van der Waals surface area contributed by atoms with E-state index in [0.717, 1.165) is 6.08 Å². The number of hydrogen-bond acceptors (Lipinski definition) is 10. The molecular weight excluding hydrogens is 536 g/mol. The van der Waals surface area contributed by atoms with Crippen LogP contribution in [0.3, 0.4) is 0 Å². The molecule has 2 N–H and O–H groups in total. The van der Waals surface area contributed by atoms with Crippen molar-refractivity contribution in [1.29, 1.82) is 0 Å². The van der Waals surface area contributed by atoms with Gasteiger partial charge in [0, 0.05) is 17.7 Å². The number of methoxy groups -OCH3 is 6. The van der Waals surface area contributed by atoms with Gasteiger partial charge in [0.15, 0.2) is 28.7 Å². The van der Waals surface area contributed by atoms with Crippen LogP contribution in [0.5, 0.6) is 40.2 Å². The minimum Gasteiger partial charge on any atom is -0.503 e. The largest absolute Gasteiger partial charge is 0.503 e. The van der Waals surface area contributed by atoms with Crippen molar-refractivity contribution < 1.29 is 43.2 Å². The lowest BCUT2D eigenvalue weighted by Crippen LogP contribution is -2.09. The molecule has 12 heteroatoms. The zero-order valence-corrected chi connectivity index (χ0v) is 23.3. The van der Waals surface area contributed by atoms with Gasteiger partial charge in [-0.2, -0.15) is 0 Å². The van der Waals surface area contributed by atoms with Crippen molar-refractivity contribution >= 4 is 35.5 Å². The molecule has 0 atom stereocenters. The lowest BCUT2D eigenvalue weighted by atomic mass is 10.1. The zero-order valence-electron chi connectivity index (χ0n) is 23.3. The number of carbonyl (C=O) groups excluding carboxylic acids is 1. The van der Waals surface area contributed by atoms with E-state index in [1.807, 2.05) is 0 Å². The summed E-state index contributed by atoms with van der Waals surface area (Å²) in [5, 5.41) is 24.9. The number of carbonyl (C=O) groups is 1. The molecule has 0 aliphatic heterocycles. The summed E-state index contributed by atoms with van der Waals surface area (Å²) in [4.78, 5) is 23.8. The van der Waals surface area contributed by atoms with Crippen molar-refractivity contribution in [3.8, 4) is 40.2 Å². The van der Waals surface area contributed by atoms with Crippen LogP contribution in [-0.4, -0.2) is 58.6 Å². The van der Waals surface area contributed by atoms with Gasteiger partial charge >= 0.3 is 5.69 Å². The fourth-order valence-corrected chi connectivity index (χ4v) is 3.94. The van der Waals surface area contributed by atoms with E-state index in [1.165, 1.54) is 60.9 Å². The molecule has 12 nitrogen and oxygen atoms in total. The van der Waals surface area contributed by atoms with Gasteiger partial charge in [-0.1, -0.05) is 12.2 Å². The second kappa shape index (κ2) is 13.6. The number of nitro benzene ring substituents is 1. The van der Waals surface area contributed by atoms with Gasteiger partial charge in [-0.25, -0.2) is 0 Å². The van der Waals surface area contributed by atoms with Crippen molar-refractivity contribution in [2.24, 2.45) is 0 Å². The lowest BCUT2D eigenvalue weighted by Gasteiger charge is -2.14.